The highest BCUT2D eigenvalue weighted by Crippen LogP contribution is 2.67. The van der Waals surface area contributed by atoms with Crippen molar-refractivity contribution in [2.24, 2.45) is 17.3 Å². The van der Waals surface area contributed by atoms with Gasteiger partial charge in [0.1, 0.15) is 0 Å². The average molecular weight is 152 g/mol. The molecule has 4 aliphatic rings. The van der Waals surface area contributed by atoms with Gasteiger partial charge < -0.3 is 4.74 Å². The highest BCUT2D eigenvalue weighted by atomic mass is 16.6. The number of rotatable bonds is 0. The summed E-state index contributed by atoms with van der Waals surface area (Å²) in [4.78, 5) is 0. The Hall–Kier alpha value is -0.0400. The van der Waals surface area contributed by atoms with Gasteiger partial charge in [-0.05, 0) is 36.5 Å². The summed E-state index contributed by atoms with van der Waals surface area (Å²) in [7, 11) is 0. The second kappa shape index (κ2) is 1.52. The molecule has 0 amide bonds. The fourth-order valence-corrected chi connectivity index (χ4v) is 3.43. The molecule has 4 rings (SSSR count). The molecule has 11 heavy (non-hydrogen) atoms. The predicted molar refractivity (Wildman–Crippen MR) is 43.3 cm³/mol. The molecule has 0 radical (unpaired) electrons. The topological polar surface area (TPSA) is 12.5 Å². The molecule has 0 aromatic rings. The summed E-state index contributed by atoms with van der Waals surface area (Å²) < 4.78 is 5.62. The minimum absolute atomic E-state index is 0.387. The number of hydrogen-bond donors (Lipinski definition) is 0. The van der Waals surface area contributed by atoms with Crippen molar-refractivity contribution in [3.8, 4) is 0 Å². The molecule has 0 N–H and O–H groups in total. The van der Waals surface area contributed by atoms with Crippen LogP contribution >= 0.6 is 0 Å². The van der Waals surface area contributed by atoms with Crippen molar-refractivity contribution < 1.29 is 4.74 Å². The highest BCUT2D eigenvalue weighted by molar-refractivity contribution is 5.15. The summed E-state index contributed by atoms with van der Waals surface area (Å²) in [6.07, 6.45) is 4.22. The molecule has 3 aliphatic carbocycles. The van der Waals surface area contributed by atoms with Crippen LogP contribution in [0.15, 0.2) is 0 Å². The van der Waals surface area contributed by atoms with Gasteiger partial charge in [-0.1, -0.05) is 13.8 Å². The fraction of sp³-hybridized carbons (Fsp3) is 1.00. The lowest BCUT2D eigenvalue weighted by atomic mass is 9.45. The molecular formula is C10H16O. The lowest BCUT2D eigenvalue weighted by Crippen LogP contribution is -2.56. The number of epoxide rings is 1. The first-order valence-electron chi connectivity index (χ1n) is 4.79. The zero-order valence-corrected chi connectivity index (χ0v) is 7.39. The number of hydrogen-bond acceptors (Lipinski definition) is 1. The molecular weight excluding hydrogens is 136 g/mol. The first kappa shape index (κ1) is 6.47. The van der Waals surface area contributed by atoms with E-state index >= 15 is 0 Å². The van der Waals surface area contributed by atoms with E-state index in [4.69, 9.17) is 4.74 Å². The van der Waals surface area contributed by atoms with Gasteiger partial charge in [0.2, 0.25) is 0 Å². The van der Waals surface area contributed by atoms with Gasteiger partial charge in [-0.3, -0.25) is 0 Å². The zero-order chi connectivity index (χ0) is 7.69. The maximum atomic E-state index is 5.62. The summed E-state index contributed by atoms with van der Waals surface area (Å²) in [6.45, 7) is 5.91. The minimum Gasteiger partial charge on any atom is -0.369 e. The first-order chi connectivity index (χ1) is 5.15. The lowest BCUT2D eigenvalue weighted by molar-refractivity contribution is -0.115. The normalized spacial score (nSPS) is 57.3. The van der Waals surface area contributed by atoms with E-state index < -0.39 is 0 Å². The molecule has 1 heterocycles. The van der Waals surface area contributed by atoms with Gasteiger partial charge in [0, 0.05) is 0 Å². The van der Waals surface area contributed by atoms with Crippen molar-refractivity contribution in [3.05, 3.63) is 0 Å². The van der Waals surface area contributed by atoms with E-state index in [0.29, 0.717) is 11.0 Å². The summed E-state index contributed by atoms with van der Waals surface area (Å²) in [5.41, 5.74) is 0.993. The fourth-order valence-electron chi connectivity index (χ4n) is 3.43. The van der Waals surface area contributed by atoms with Crippen LogP contribution in [0, 0.1) is 17.3 Å². The van der Waals surface area contributed by atoms with Crippen LogP contribution < -0.4 is 0 Å². The van der Waals surface area contributed by atoms with E-state index in [0.717, 1.165) is 18.4 Å². The molecule has 0 unspecified atom stereocenters. The van der Waals surface area contributed by atoms with Gasteiger partial charge in [0.15, 0.2) is 0 Å². The summed E-state index contributed by atoms with van der Waals surface area (Å²) in [6, 6.07) is 0. The average Bonchev–Trinajstić information content (AvgIpc) is 2.69. The Morgan fingerprint density at radius 1 is 1.36 bits per heavy atom. The molecule has 0 aromatic heterocycles. The van der Waals surface area contributed by atoms with Crippen molar-refractivity contribution in [2.75, 3.05) is 6.61 Å². The maximum Gasteiger partial charge on any atom is 0.0949 e. The van der Waals surface area contributed by atoms with E-state index in [9.17, 15) is 0 Å². The quantitative estimate of drug-likeness (QED) is 0.485. The number of ether oxygens (including phenoxy) is 1. The highest BCUT2D eigenvalue weighted by Gasteiger charge is 2.67. The van der Waals surface area contributed by atoms with Crippen molar-refractivity contribution in [2.45, 2.75) is 38.7 Å². The van der Waals surface area contributed by atoms with E-state index in [2.05, 4.69) is 13.8 Å². The Kier molecular flexibility index (Phi) is 0.893. The molecule has 1 aliphatic heterocycles. The van der Waals surface area contributed by atoms with Crippen molar-refractivity contribution >= 4 is 0 Å². The summed E-state index contributed by atoms with van der Waals surface area (Å²) in [5.74, 6) is 1.91. The molecule has 4 fully saturated rings. The van der Waals surface area contributed by atoms with Gasteiger partial charge >= 0.3 is 0 Å². The molecule has 3 saturated carbocycles. The SMILES string of the molecule is CC1(C)[C@@H]2CC[C@@]3(CO3)[C@@H]1C2. The third-order valence-corrected chi connectivity index (χ3v) is 4.54. The Labute approximate surface area is 68.1 Å². The lowest BCUT2D eigenvalue weighted by Gasteiger charge is -2.59. The summed E-state index contributed by atoms with van der Waals surface area (Å²) in [5, 5.41) is 0. The van der Waals surface area contributed by atoms with Crippen LogP contribution in [0.25, 0.3) is 0 Å². The van der Waals surface area contributed by atoms with E-state index in [1.54, 1.807) is 0 Å². The standard InChI is InChI=1S/C10H16O/c1-9(2)7-3-4-10(6-11-10)8(9)5-7/h7-8H,3-6H2,1-2H3/t7-,8-,10-/m1/s1. The molecule has 62 valence electrons. The predicted octanol–water partition coefficient (Wildman–Crippen LogP) is 2.21. The van der Waals surface area contributed by atoms with Crippen LogP contribution in [0.2, 0.25) is 0 Å². The van der Waals surface area contributed by atoms with Crippen LogP contribution in [-0.2, 0) is 4.74 Å². The van der Waals surface area contributed by atoms with Gasteiger partial charge in [0.25, 0.3) is 0 Å². The Morgan fingerprint density at radius 2 is 2.09 bits per heavy atom. The Bertz CT molecular complexity index is 199. The van der Waals surface area contributed by atoms with Gasteiger partial charge in [0.05, 0.1) is 12.2 Å². The third-order valence-electron chi connectivity index (χ3n) is 4.54. The second-order valence-electron chi connectivity index (χ2n) is 5.20. The largest absolute Gasteiger partial charge is 0.369 e. The van der Waals surface area contributed by atoms with Crippen LogP contribution in [0.4, 0.5) is 0 Å². The minimum atomic E-state index is 0.387. The molecule has 1 spiro atoms. The van der Waals surface area contributed by atoms with E-state index in [1.807, 2.05) is 0 Å². The van der Waals surface area contributed by atoms with Gasteiger partial charge in [-0.25, -0.2) is 0 Å². The molecule has 1 nitrogen and oxygen atoms in total. The van der Waals surface area contributed by atoms with Crippen molar-refractivity contribution in [1.29, 1.82) is 0 Å². The Morgan fingerprint density at radius 3 is 2.45 bits per heavy atom. The van der Waals surface area contributed by atoms with E-state index in [-0.39, 0.29) is 0 Å². The maximum absolute atomic E-state index is 5.62. The van der Waals surface area contributed by atoms with Crippen molar-refractivity contribution in [3.63, 3.8) is 0 Å². The van der Waals surface area contributed by atoms with Gasteiger partial charge in [-0.15, -0.1) is 0 Å². The zero-order valence-electron chi connectivity index (χ0n) is 7.39. The summed E-state index contributed by atoms with van der Waals surface area (Å²) >= 11 is 0. The van der Waals surface area contributed by atoms with Gasteiger partial charge in [-0.2, -0.15) is 0 Å². The van der Waals surface area contributed by atoms with Crippen LogP contribution in [0.1, 0.15) is 33.1 Å². The Balaban J connectivity index is 1.94. The number of fused-ring (bicyclic) bond motifs is 1. The van der Waals surface area contributed by atoms with Crippen LogP contribution in [0.3, 0.4) is 0 Å². The van der Waals surface area contributed by atoms with Crippen LogP contribution in [-0.4, -0.2) is 12.2 Å². The molecule has 1 heteroatoms. The second-order valence-corrected chi connectivity index (χ2v) is 5.20. The molecule has 2 bridgehead atoms. The smallest absolute Gasteiger partial charge is 0.0949 e. The monoisotopic (exact) mass is 152 g/mol. The molecule has 3 atom stereocenters. The van der Waals surface area contributed by atoms with E-state index in [1.165, 1.54) is 19.3 Å². The van der Waals surface area contributed by atoms with Crippen molar-refractivity contribution in [1.82, 2.24) is 0 Å². The molecule has 1 saturated heterocycles. The van der Waals surface area contributed by atoms with Crippen LogP contribution in [0.5, 0.6) is 0 Å². The first-order valence-corrected chi connectivity index (χ1v) is 4.79. The third kappa shape index (κ3) is 0.581. The molecule has 0 aromatic carbocycles.